The number of benzene rings is 1. The van der Waals surface area contributed by atoms with Gasteiger partial charge in [0.15, 0.2) is 11.0 Å². The number of hydrogen-bond donors (Lipinski definition) is 0. The molecule has 0 aliphatic carbocycles. The van der Waals surface area contributed by atoms with E-state index in [9.17, 15) is 4.39 Å². The zero-order valence-electron chi connectivity index (χ0n) is 14.0. The second-order valence-electron chi connectivity index (χ2n) is 6.40. The van der Waals surface area contributed by atoms with Gasteiger partial charge in [-0.1, -0.05) is 17.7 Å². The van der Waals surface area contributed by atoms with Crippen LogP contribution in [0.15, 0.2) is 30.3 Å². The van der Waals surface area contributed by atoms with Gasteiger partial charge in [0, 0.05) is 32.7 Å². The second kappa shape index (κ2) is 7.45. The van der Waals surface area contributed by atoms with Crippen molar-refractivity contribution in [3.8, 4) is 0 Å². The van der Waals surface area contributed by atoms with E-state index in [0.29, 0.717) is 11.2 Å². The average Bonchev–Trinajstić information content (AvgIpc) is 2.59. The van der Waals surface area contributed by atoms with Crippen LogP contribution in [-0.4, -0.2) is 41.3 Å². The first-order valence-electron chi connectivity index (χ1n) is 8.22. The number of aryl methyl sites for hydroxylation is 1. The summed E-state index contributed by atoms with van der Waals surface area (Å²) in [6.07, 6.45) is 2.10. The topological polar surface area (TPSA) is 32.3 Å². The molecule has 1 saturated heterocycles. The Labute approximate surface area is 147 Å². The molecular formula is C18H22ClFN4. The summed E-state index contributed by atoms with van der Waals surface area (Å²) < 4.78 is 13.4. The number of piperidine rings is 1. The van der Waals surface area contributed by atoms with Gasteiger partial charge in [-0.05, 0) is 55.2 Å². The van der Waals surface area contributed by atoms with Crippen molar-refractivity contribution in [2.75, 3.05) is 25.0 Å². The SMILES string of the molecule is Cc1ccc(F)cc1CN1CCC(N(C)c2ccc(Cl)nn2)CC1. The molecular weight excluding hydrogens is 327 g/mol. The molecule has 1 aromatic heterocycles. The average molecular weight is 349 g/mol. The van der Waals surface area contributed by atoms with E-state index < -0.39 is 0 Å². The molecule has 4 nitrogen and oxygen atoms in total. The summed E-state index contributed by atoms with van der Waals surface area (Å²) in [5.41, 5.74) is 2.22. The Kier molecular flexibility index (Phi) is 5.31. The fourth-order valence-corrected chi connectivity index (χ4v) is 3.30. The van der Waals surface area contributed by atoms with Crippen LogP contribution in [0.2, 0.25) is 5.15 Å². The molecule has 0 bridgehead atoms. The van der Waals surface area contributed by atoms with Crippen LogP contribution >= 0.6 is 11.6 Å². The third-order valence-electron chi connectivity index (χ3n) is 4.79. The first kappa shape index (κ1) is 17.1. The molecule has 1 fully saturated rings. The molecule has 0 unspecified atom stereocenters. The predicted octanol–water partition coefficient (Wildman–Crippen LogP) is 3.68. The van der Waals surface area contributed by atoms with E-state index in [-0.39, 0.29) is 5.82 Å². The molecule has 0 saturated carbocycles. The van der Waals surface area contributed by atoms with E-state index in [4.69, 9.17) is 11.6 Å². The monoisotopic (exact) mass is 348 g/mol. The minimum absolute atomic E-state index is 0.161. The quantitative estimate of drug-likeness (QED) is 0.843. The lowest BCUT2D eigenvalue weighted by Gasteiger charge is -2.37. The maximum Gasteiger partial charge on any atom is 0.151 e. The van der Waals surface area contributed by atoms with Crippen molar-refractivity contribution >= 4 is 17.4 Å². The Bertz CT molecular complexity index is 684. The molecule has 2 aromatic rings. The molecule has 128 valence electrons. The highest BCUT2D eigenvalue weighted by molar-refractivity contribution is 6.29. The molecule has 1 aliphatic heterocycles. The van der Waals surface area contributed by atoms with Crippen molar-refractivity contribution in [1.29, 1.82) is 0 Å². The molecule has 0 spiro atoms. The van der Waals surface area contributed by atoms with Gasteiger partial charge in [-0.3, -0.25) is 4.90 Å². The zero-order valence-corrected chi connectivity index (χ0v) is 14.8. The van der Waals surface area contributed by atoms with Crippen molar-refractivity contribution in [2.24, 2.45) is 0 Å². The van der Waals surface area contributed by atoms with Crippen LogP contribution in [0.5, 0.6) is 0 Å². The molecule has 1 aromatic carbocycles. The number of likely N-dealkylation sites (tertiary alicyclic amines) is 1. The van der Waals surface area contributed by atoms with Crippen molar-refractivity contribution in [3.05, 3.63) is 52.4 Å². The lowest BCUT2D eigenvalue weighted by molar-refractivity contribution is 0.202. The Balaban J connectivity index is 1.57. The largest absolute Gasteiger partial charge is 0.355 e. The smallest absolute Gasteiger partial charge is 0.151 e. The molecule has 24 heavy (non-hydrogen) atoms. The van der Waals surface area contributed by atoms with Crippen molar-refractivity contribution < 1.29 is 4.39 Å². The van der Waals surface area contributed by atoms with Crippen LogP contribution in [0.25, 0.3) is 0 Å². The van der Waals surface area contributed by atoms with Gasteiger partial charge in [0.05, 0.1) is 0 Å². The van der Waals surface area contributed by atoms with E-state index >= 15 is 0 Å². The van der Waals surface area contributed by atoms with Gasteiger partial charge >= 0.3 is 0 Å². The van der Waals surface area contributed by atoms with Gasteiger partial charge in [0.2, 0.25) is 0 Å². The van der Waals surface area contributed by atoms with E-state index in [0.717, 1.165) is 49.4 Å². The Morgan fingerprint density at radius 1 is 1.21 bits per heavy atom. The normalized spacial score (nSPS) is 16.3. The summed E-state index contributed by atoms with van der Waals surface area (Å²) in [5, 5.41) is 8.47. The molecule has 0 N–H and O–H groups in total. The van der Waals surface area contributed by atoms with Gasteiger partial charge in [0.1, 0.15) is 5.82 Å². The highest BCUT2D eigenvalue weighted by Gasteiger charge is 2.23. The fourth-order valence-electron chi connectivity index (χ4n) is 3.20. The van der Waals surface area contributed by atoms with Crippen molar-refractivity contribution in [3.63, 3.8) is 0 Å². The lowest BCUT2D eigenvalue weighted by atomic mass is 10.0. The second-order valence-corrected chi connectivity index (χ2v) is 6.79. The number of aromatic nitrogens is 2. The van der Waals surface area contributed by atoms with Crippen LogP contribution in [0, 0.1) is 12.7 Å². The van der Waals surface area contributed by atoms with E-state index in [1.165, 1.54) is 6.07 Å². The van der Waals surface area contributed by atoms with E-state index in [1.807, 2.05) is 19.1 Å². The first-order valence-corrected chi connectivity index (χ1v) is 8.60. The summed E-state index contributed by atoms with van der Waals surface area (Å²) in [7, 11) is 2.05. The molecule has 0 radical (unpaired) electrons. The van der Waals surface area contributed by atoms with Crippen LogP contribution in [0.1, 0.15) is 24.0 Å². The molecule has 1 aliphatic rings. The Morgan fingerprint density at radius 3 is 2.62 bits per heavy atom. The number of nitrogens with zero attached hydrogens (tertiary/aromatic N) is 4. The van der Waals surface area contributed by atoms with E-state index in [1.54, 1.807) is 12.1 Å². The molecule has 0 amide bonds. The molecule has 0 atom stereocenters. The van der Waals surface area contributed by atoms with Crippen LogP contribution in [-0.2, 0) is 6.54 Å². The summed E-state index contributed by atoms with van der Waals surface area (Å²) in [6.45, 7) is 4.83. The summed E-state index contributed by atoms with van der Waals surface area (Å²) >= 11 is 5.80. The number of hydrogen-bond acceptors (Lipinski definition) is 4. The summed E-state index contributed by atoms with van der Waals surface area (Å²) in [5.74, 6) is 0.686. The number of anilines is 1. The summed E-state index contributed by atoms with van der Waals surface area (Å²) in [6, 6.07) is 9.12. The molecule has 2 heterocycles. The van der Waals surface area contributed by atoms with Crippen LogP contribution in [0.3, 0.4) is 0 Å². The third kappa shape index (κ3) is 4.02. The highest BCUT2D eigenvalue weighted by Crippen LogP contribution is 2.22. The minimum atomic E-state index is -0.161. The van der Waals surface area contributed by atoms with Crippen molar-refractivity contribution in [1.82, 2.24) is 15.1 Å². The van der Waals surface area contributed by atoms with Crippen LogP contribution < -0.4 is 4.90 Å². The van der Waals surface area contributed by atoms with Gasteiger partial charge in [-0.2, -0.15) is 0 Å². The van der Waals surface area contributed by atoms with Gasteiger partial charge in [0.25, 0.3) is 0 Å². The molecule has 6 heteroatoms. The van der Waals surface area contributed by atoms with Crippen molar-refractivity contribution in [2.45, 2.75) is 32.4 Å². The summed E-state index contributed by atoms with van der Waals surface area (Å²) in [4.78, 5) is 4.56. The van der Waals surface area contributed by atoms with Crippen LogP contribution in [0.4, 0.5) is 10.2 Å². The Hall–Kier alpha value is -1.72. The third-order valence-corrected chi connectivity index (χ3v) is 4.99. The lowest BCUT2D eigenvalue weighted by Crippen LogP contribution is -2.43. The highest BCUT2D eigenvalue weighted by atomic mass is 35.5. The van der Waals surface area contributed by atoms with Gasteiger partial charge in [-0.25, -0.2) is 4.39 Å². The minimum Gasteiger partial charge on any atom is -0.355 e. The Morgan fingerprint density at radius 2 is 1.96 bits per heavy atom. The number of halogens is 2. The maximum atomic E-state index is 13.4. The maximum absolute atomic E-state index is 13.4. The first-order chi connectivity index (χ1) is 11.5. The van der Waals surface area contributed by atoms with Gasteiger partial charge in [-0.15, -0.1) is 10.2 Å². The number of rotatable bonds is 4. The standard InChI is InChI=1S/C18H22ClFN4/c1-13-3-4-15(20)11-14(13)12-24-9-7-16(8-10-24)23(2)18-6-5-17(19)21-22-18/h3-6,11,16H,7-10,12H2,1-2H3. The zero-order chi connectivity index (χ0) is 17.1. The predicted molar refractivity (Wildman–Crippen MR) is 94.9 cm³/mol. The van der Waals surface area contributed by atoms with E-state index in [2.05, 4.69) is 27.0 Å². The fraction of sp³-hybridized carbons (Fsp3) is 0.444. The molecule has 3 rings (SSSR count). The van der Waals surface area contributed by atoms with Gasteiger partial charge < -0.3 is 4.90 Å².